The number of anilines is 2. The average molecular weight is 470 g/mol. The number of amides is 4. The lowest BCUT2D eigenvalue weighted by Crippen LogP contribution is -2.45. The molecule has 3 aromatic carbocycles. The lowest BCUT2D eigenvalue weighted by Gasteiger charge is -2.28. The molecule has 1 atom stereocenters. The van der Waals surface area contributed by atoms with Gasteiger partial charge >= 0.3 is 0 Å². The zero-order valence-electron chi connectivity index (χ0n) is 19.9. The Morgan fingerprint density at radius 1 is 0.943 bits per heavy atom. The molecule has 7 heteroatoms. The first-order valence-corrected chi connectivity index (χ1v) is 11.4. The molecule has 4 amide bonds. The summed E-state index contributed by atoms with van der Waals surface area (Å²) < 4.78 is 0. The number of nitrogens with one attached hydrogen (secondary N) is 1. The first-order valence-electron chi connectivity index (χ1n) is 11.4. The highest BCUT2D eigenvalue weighted by atomic mass is 16.2. The van der Waals surface area contributed by atoms with Crippen LogP contribution in [0.25, 0.3) is 0 Å². The largest absolute Gasteiger partial charge is 0.326 e. The maximum absolute atomic E-state index is 13.6. The van der Waals surface area contributed by atoms with E-state index >= 15 is 0 Å². The minimum Gasteiger partial charge on any atom is -0.326 e. The second kappa shape index (κ2) is 9.93. The third-order valence-electron chi connectivity index (χ3n) is 5.94. The molecule has 1 unspecified atom stereocenters. The van der Waals surface area contributed by atoms with E-state index in [2.05, 4.69) is 5.32 Å². The molecule has 178 valence electrons. The molecular weight excluding hydrogens is 442 g/mol. The van der Waals surface area contributed by atoms with Crippen LogP contribution in [0.2, 0.25) is 0 Å². The normalized spacial score (nSPS) is 15.3. The van der Waals surface area contributed by atoms with E-state index in [0.29, 0.717) is 16.9 Å². The van der Waals surface area contributed by atoms with E-state index < -0.39 is 11.9 Å². The highest BCUT2D eigenvalue weighted by Gasteiger charge is 2.44. The number of imide groups is 1. The Bertz CT molecular complexity index is 1280. The van der Waals surface area contributed by atoms with Crippen molar-refractivity contribution in [2.24, 2.45) is 0 Å². The number of hydrogen-bond donors (Lipinski definition) is 1. The standard InChI is InChI=1S/C28H27N3O4/c1-18-7-9-21(10-8-18)17-30(27(34)22-6-4-5-19(2)15-22)25-16-26(33)31(28(25)35)24-13-11-23(12-14-24)29-20(3)32/h4-15,25H,16-17H2,1-3H3,(H,29,32). The number of rotatable bonds is 6. The summed E-state index contributed by atoms with van der Waals surface area (Å²) in [6.45, 7) is 5.48. The van der Waals surface area contributed by atoms with Crippen molar-refractivity contribution in [1.82, 2.24) is 4.90 Å². The van der Waals surface area contributed by atoms with Gasteiger partial charge in [0.25, 0.3) is 11.8 Å². The minimum atomic E-state index is -0.924. The Labute approximate surface area is 204 Å². The van der Waals surface area contributed by atoms with Crippen molar-refractivity contribution in [2.75, 3.05) is 10.2 Å². The van der Waals surface area contributed by atoms with E-state index in [9.17, 15) is 19.2 Å². The summed E-state index contributed by atoms with van der Waals surface area (Å²) in [5, 5.41) is 2.66. The van der Waals surface area contributed by atoms with E-state index in [1.807, 2.05) is 44.2 Å². The quantitative estimate of drug-likeness (QED) is 0.547. The fourth-order valence-electron chi connectivity index (χ4n) is 4.19. The number of hydrogen-bond acceptors (Lipinski definition) is 4. The van der Waals surface area contributed by atoms with E-state index in [1.165, 1.54) is 11.8 Å². The summed E-state index contributed by atoms with van der Waals surface area (Å²) >= 11 is 0. The van der Waals surface area contributed by atoms with E-state index in [-0.39, 0.29) is 30.7 Å². The first kappa shape index (κ1) is 23.9. The Morgan fingerprint density at radius 3 is 2.26 bits per heavy atom. The van der Waals surface area contributed by atoms with Crippen LogP contribution in [0, 0.1) is 13.8 Å². The van der Waals surface area contributed by atoms with Crippen molar-refractivity contribution in [1.29, 1.82) is 0 Å². The molecule has 1 N–H and O–H groups in total. The maximum atomic E-state index is 13.6. The molecule has 4 rings (SSSR count). The Balaban J connectivity index is 1.65. The zero-order chi connectivity index (χ0) is 25.1. The molecule has 0 saturated carbocycles. The van der Waals surface area contributed by atoms with Crippen LogP contribution in [0.3, 0.4) is 0 Å². The number of carbonyl (C=O) groups excluding carboxylic acids is 4. The Hall–Kier alpha value is -4.26. The van der Waals surface area contributed by atoms with Crippen molar-refractivity contribution in [3.05, 3.63) is 95.1 Å². The summed E-state index contributed by atoms with van der Waals surface area (Å²) in [6.07, 6.45) is -0.101. The van der Waals surface area contributed by atoms with Gasteiger partial charge in [0.1, 0.15) is 6.04 Å². The number of benzene rings is 3. The van der Waals surface area contributed by atoms with E-state index in [0.717, 1.165) is 21.6 Å². The van der Waals surface area contributed by atoms with Crippen molar-refractivity contribution in [3.8, 4) is 0 Å². The number of aryl methyl sites for hydroxylation is 2. The smallest absolute Gasteiger partial charge is 0.257 e. The van der Waals surface area contributed by atoms with Crippen molar-refractivity contribution in [2.45, 2.75) is 39.8 Å². The highest BCUT2D eigenvalue weighted by Crippen LogP contribution is 2.29. The summed E-state index contributed by atoms with van der Waals surface area (Å²) in [5.74, 6) is -1.34. The van der Waals surface area contributed by atoms with Crippen LogP contribution < -0.4 is 10.2 Å². The lowest BCUT2D eigenvalue weighted by atomic mass is 10.1. The average Bonchev–Trinajstić information content (AvgIpc) is 3.12. The molecule has 1 aliphatic rings. The van der Waals surface area contributed by atoms with Crippen LogP contribution in [-0.2, 0) is 20.9 Å². The predicted octanol–water partition coefficient (Wildman–Crippen LogP) is 4.24. The van der Waals surface area contributed by atoms with Crippen LogP contribution in [0.15, 0.2) is 72.8 Å². The first-order chi connectivity index (χ1) is 16.7. The van der Waals surface area contributed by atoms with Gasteiger partial charge in [0.05, 0.1) is 12.1 Å². The van der Waals surface area contributed by atoms with Gasteiger partial charge in [-0.25, -0.2) is 4.90 Å². The molecule has 0 aromatic heterocycles. The zero-order valence-corrected chi connectivity index (χ0v) is 19.9. The fraction of sp³-hybridized carbons (Fsp3) is 0.214. The van der Waals surface area contributed by atoms with Gasteiger partial charge in [-0.3, -0.25) is 19.2 Å². The van der Waals surface area contributed by atoms with E-state index in [4.69, 9.17) is 0 Å². The number of carbonyl (C=O) groups is 4. The molecule has 1 heterocycles. The highest BCUT2D eigenvalue weighted by molar-refractivity contribution is 6.23. The molecule has 0 bridgehead atoms. The fourth-order valence-corrected chi connectivity index (χ4v) is 4.19. The van der Waals surface area contributed by atoms with Gasteiger partial charge in [-0.1, -0.05) is 47.5 Å². The lowest BCUT2D eigenvalue weighted by molar-refractivity contribution is -0.122. The third kappa shape index (κ3) is 5.30. The molecule has 0 spiro atoms. The van der Waals surface area contributed by atoms with Crippen LogP contribution in [0.5, 0.6) is 0 Å². The molecular formula is C28H27N3O4. The summed E-state index contributed by atoms with van der Waals surface area (Å²) in [6, 6.07) is 20.5. The third-order valence-corrected chi connectivity index (χ3v) is 5.94. The van der Waals surface area contributed by atoms with Gasteiger partial charge in [0.2, 0.25) is 11.8 Å². The van der Waals surface area contributed by atoms with Crippen molar-refractivity contribution < 1.29 is 19.2 Å². The van der Waals surface area contributed by atoms with Crippen LogP contribution >= 0.6 is 0 Å². The van der Waals surface area contributed by atoms with Crippen molar-refractivity contribution >= 4 is 35.0 Å². The maximum Gasteiger partial charge on any atom is 0.257 e. The van der Waals surface area contributed by atoms with Gasteiger partial charge in [0.15, 0.2) is 0 Å². The van der Waals surface area contributed by atoms with Gasteiger partial charge < -0.3 is 10.2 Å². The molecule has 3 aromatic rings. The van der Waals surface area contributed by atoms with Gasteiger partial charge in [-0.2, -0.15) is 0 Å². The van der Waals surface area contributed by atoms with Crippen LogP contribution in [0.4, 0.5) is 11.4 Å². The predicted molar refractivity (Wildman–Crippen MR) is 134 cm³/mol. The summed E-state index contributed by atoms with van der Waals surface area (Å²) in [5.41, 5.74) is 4.32. The van der Waals surface area contributed by atoms with Gasteiger partial charge in [-0.15, -0.1) is 0 Å². The van der Waals surface area contributed by atoms with E-state index in [1.54, 1.807) is 42.5 Å². The molecule has 7 nitrogen and oxygen atoms in total. The van der Waals surface area contributed by atoms with Crippen LogP contribution in [0.1, 0.15) is 40.4 Å². The second-order valence-electron chi connectivity index (χ2n) is 8.80. The monoisotopic (exact) mass is 469 g/mol. The minimum absolute atomic E-state index is 0.101. The second-order valence-corrected chi connectivity index (χ2v) is 8.80. The Morgan fingerprint density at radius 2 is 1.63 bits per heavy atom. The topological polar surface area (TPSA) is 86.8 Å². The summed E-state index contributed by atoms with van der Waals surface area (Å²) in [7, 11) is 0. The SMILES string of the molecule is CC(=O)Nc1ccc(N2C(=O)CC(N(Cc3ccc(C)cc3)C(=O)c3cccc(C)c3)C2=O)cc1. The Kier molecular flexibility index (Phi) is 6.78. The molecule has 1 aliphatic heterocycles. The molecule has 0 radical (unpaired) electrons. The van der Waals surface area contributed by atoms with Crippen LogP contribution in [-0.4, -0.2) is 34.6 Å². The molecule has 0 aliphatic carbocycles. The van der Waals surface area contributed by atoms with Gasteiger partial charge in [0, 0.05) is 24.7 Å². The summed E-state index contributed by atoms with van der Waals surface area (Å²) in [4.78, 5) is 54.0. The van der Waals surface area contributed by atoms with Gasteiger partial charge in [-0.05, 0) is 55.8 Å². The number of nitrogens with zero attached hydrogens (tertiary/aromatic N) is 2. The molecule has 1 saturated heterocycles. The van der Waals surface area contributed by atoms with Crippen molar-refractivity contribution in [3.63, 3.8) is 0 Å². The molecule has 35 heavy (non-hydrogen) atoms. The molecule has 1 fully saturated rings.